The van der Waals surface area contributed by atoms with Gasteiger partial charge in [-0.2, -0.15) is 0 Å². The van der Waals surface area contributed by atoms with E-state index in [1.54, 1.807) is 11.3 Å². The highest BCUT2D eigenvalue weighted by Crippen LogP contribution is 2.24. The summed E-state index contributed by atoms with van der Waals surface area (Å²) in [6.07, 6.45) is 1.42. The van der Waals surface area contributed by atoms with E-state index in [9.17, 15) is 4.79 Å². The molecule has 3 rings (SSSR count). The van der Waals surface area contributed by atoms with E-state index in [1.165, 1.54) is 11.0 Å². The molecule has 3 N–H and O–H groups in total. The Morgan fingerprint density at radius 2 is 2.35 bits per heavy atom. The van der Waals surface area contributed by atoms with Crippen molar-refractivity contribution < 1.29 is 4.79 Å². The molecule has 7 nitrogen and oxygen atoms in total. The Morgan fingerprint density at radius 1 is 1.50 bits per heavy atom. The second-order valence-electron chi connectivity index (χ2n) is 4.26. The van der Waals surface area contributed by atoms with Crippen LogP contribution in [0.2, 0.25) is 0 Å². The van der Waals surface area contributed by atoms with Crippen molar-refractivity contribution in [2.75, 3.05) is 11.1 Å². The lowest BCUT2D eigenvalue weighted by molar-refractivity contribution is -0.116. The zero-order chi connectivity index (χ0) is 14.1. The molecule has 2 heterocycles. The highest BCUT2D eigenvalue weighted by Gasteiger charge is 2.07. The van der Waals surface area contributed by atoms with Crippen molar-refractivity contribution in [2.24, 2.45) is 0 Å². The van der Waals surface area contributed by atoms with Gasteiger partial charge in [-0.3, -0.25) is 4.79 Å². The van der Waals surface area contributed by atoms with E-state index in [4.69, 9.17) is 5.73 Å². The molecule has 0 spiro atoms. The second-order valence-corrected chi connectivity index (χ2v) is 5.50. The first-order valence-electron chi connectivity index (χ1n) is 5.92. The summed E-state index contributed by atoms with van der Waals surface area (Å²) in [6, 6.07) is 5.63. The zero-order valence-corrected chi connectivity index (χ0v) is 11.5. The quantitative estimate of drug-likeness (QED) is 0.759. The number of amides is 1. The minimum Gasteiger partial charge on any atom is -0.367 e. The number of carbonyl (C=O) groups is 1. The first-order chi connectivity index (χ1) is 9.60. The molecule has 0 fully saturated rings. The Hall–Kier alpha value is -2.48. The molecule has 3 aromatic rings. The molecule has 0 unspecified atom stereocenters. The number of nitrogens with one attached hydrogen (secondary N) is 1. The predicted molar refractivity (Wildman–Crippen MR) is 77.4 cm³/mol. The van der Waals surface area contributed by atoms with E-state index in [0.717, 1.165) is 20.9 Å². The number of hydrogen-bond acceptors (Lipinski definition) is 6. The van der Waals surface area contributed by atoms with Gasteiger partial charge in [0.25, 0.3) is 0 Å². The molecule has 1 amide bonds. The van der Waals surface area contributed by atoms with E-state index in [1.807, 2.05) is 25.1 Å². The number of thiazole rings is 1. The number of nitrogen functional groups attached to an aromatic ring is 1. The molecule has 0 radical (unpaired) electrons. The molecule has 0 saturated carbocycles. The number of nitrogens with two attached hydrogens (primary N) is 1. The zero-order valence-electron chi connectivity index (χ0n) is 10.7. The van der Waals surface area contributed by atoms with Crippen molar-refractivity contribution in [2.45, 2.75) is 13.5 Å². The molecular formula is C12H12N6OS. The average Bonchev–Trinajstić information content (AvgIpc) is 2.93. The van der Waals surface area contributed by atoms with Gasteiger partial charge in [0.1, 0.15) is 12.9 Å². The second kappa shape index (κ2) is 4.89. The third-order valence-electron chi connectivity index (χ3n) is 2.64. The lowest BCUT2D eigenvalue weighted by Crippen LogP contribution is -2.19. The topological polar surface area (TPSA) is 98.7 Å². The van der Waals surface area contributed by atoms with Crippen molar-refractivity contribution in [3.63, 3.8) is 0 Å². The van der Waals surface area contributed by atoms with Crippen LogP contribution in [0, 0.1) is 6.92 Å². The number of benzene rings is 1. The van der Waals surface area contributed by atoms with Crippen LogP contribution in [-0.2, 0) is 11.3 Å². The number of nitrogens with zero attached hydrogens (tertiary/aromatic N) is 4. The Balaban J connectivity index is 1.73. The van der Waals surface area contributed by atoms with Gasteiger partial charge in [0, 0.05) is 5.69 Å². The number of hydrogen-bond donors (Lipinski definition) is 2. The lowest BCUT2D eigenvalue weighted by atomic mass is 10.3. The SMILES string of the molecule is Cc1nc2ccc(NC(=O)Cn3cnc(N)n3)cc2s1. The van der Waals surface area contributed by atoms with Crippen LogP contribution in [0.5, 0.6) is 0 Å². The summed E-state index contributed by atoms with van der Waals surface area (Å²) < 4.78 is 2.44. The molecule has 0 aliphatic rings. The predicted octanol–water partition coefficient (Wildman–Crippen LogP) is 1.42. The van der Waals surface area contributed by atoms with Gasteiger partial charge in [0.2, 0.25) is 11.9 Å². The van der Waals surface area contributed by atoms with Crippen LogP contribution in [0.4, 0.5) is 11.6 Å². The largest absolute Gasteiger partial charge is 0.367 e. The summed E-state index contributed by atoms with van der Waals surface area (Å²) in [5.41, 5.74) is 7.07. The fourth-order valence-corrected chi connectivity index (χ4v) is 2.72. The Kier molecular flexibility index (Phi) is 3.07. The van der Waals surface area contributed by atoms with Crippen LogP contribution in [0.25, 0.3) is 10.2 Å². The number of fused-ring (bicyclic) bond motifs is 1. The molecule has 0 bridgehead atoms. The van der Waals surface area contributed by atoms with Gasteiger partial charge in [0.15, 0.2) is 0 Å². The first-order valence-corrected chi connectivity index (χ1v) is 6.74. The van der Waals surface area contributed by atoms with E-state index in [2.05, 4.69) is 20.4 Å². The standard InChI is InChI=1S/C12H12N6OS/c1-7-15-9-3-2-8(4-10(9)20-7)16-11(19)5-18-6-14-12(13)17-18/h2-4,6H,5H2,1H3,(H2,13,17)(H,16,19). The summed E-state index contributed by atoms with van der Waals surface area (Å²) >= 11 is 1.59. The van der Waals surface area contributed by atoms with Gasteiger partial charge < -0.3 is 11.1 Å². The fraction of sp³-hybridized carbons (Fsp3) is 0.167. The highest BCUT2D eigenvalue weighted by atomic mass is 32.1. The minimum atomic E-state index is -0.185. The highest BCUT2D eigenvalue weighted by molar-refractivity contribution is 7.18. The summed E-state index contributed by atoms with van der Waals surface area (Å²) in [5, 5.41) is 7.67. The number of aryl methyl sites for hydroxylation is 1. The molecule has 8 heteroatoms. The van der Waals surface area contributed by atoms with Gasteiger partial charge in [0.05, 0.1) is 15.2 Å². The maximum Gasteiger partial charge on any atom is 0.246 e. The summed E-state index contributed by atoms with van der Waals surface area (Å²) in [5.74, 6) is -0.0326. The number of aromatic nitrogens is 4. The molecule has 0 aliphatic carbocycles. The van der Waals surface area contributed by atoms with Crippen LogP contribution in [0.15, 0.2) is 24.5 Å². The molecular weight excluding hydrogens is 276 g/mol. The monoisotopic (exact) mass is 288 g/mol. The number of anilines is 2. The third kappa shape index (κ3) is 2.59. The van der Waals surface area contributed by atoms with Gasteiger partial charge in [-0.05, 0) is 25.1 Å². The normalized spacial score (nSPS) is 10.8. The fourth-order valence-electron chi connectivity index (χ4n) is 1.85. The first kappa shape index (κ1) is 12.5. The van der Waals surface area contributed by atoms with E-state index in [-0.39, 0.29) is 18.4 Å². The van der Waals surface area contributed by atoms with Crippen molar-refractivity contribution in [3.05, 3.63) is 29.5 Å². The van der Waals surface area contributed by atoms with Crippen LogP contribution in [0.1, 0.15) is 5.01 Å². The maximum absolute atomic E-state index is 11.9. The van der Waals surface area contributed by atoms with Crippen molar-refractivity contribution >= 4 is 39.1 Å². The Morgan fingerprint density at radius 3 is 3.10 bits per heavy atom. The van der Waals surface area contributed by atoms with Crippen LogP contribution < -0.4 is 11.1 Å². The smallest absolute Gasteiger partial charge is 0.246 e. The molecule has 20 heavy (non-hydrogen) atoms. The van der Waals surface area contributed by atoms with Crippen LogP contribution >= 0.6 is 11.3 Å². The number of carbonyl (C=O) groups excluding carboxylic acids is 1. The van der Waals surface area contributed by atoms with Crippen LogP contribution in [-0.4, -0.2) is 25.7 Å². The Bertz CT molecular complexity index is 777. The van der Waals surface area contributed by atoms with E-state index < -0.39 is 0 Å². The molecule has 0 saturated heterocycles. The van der Waals surface area contributed by atoms with Crippen molar-refractivity contribution in [1.29, 1.82) is 0 Å². The molecule has 102 valence electrons. The summed E-state index contributed by atoms with van der Waals surface area (Å²) in [6.45, 7) is 2.03. The van der Waals surface area contributed by atoms with Gasteiger partial charge in [-0.1, -0.05) is 0 Å². The maximum atomic E-state index is 11.9. The van der Waals surface area contributed by atoms with Crippen molar-refractivity contribution in [1.82, 2.24) is 19.7 Å². The average molecular weight is 288 g/mol. The van der Waals surface area contributed by atoms with Gasteiger partial charge in [-0.25, -0.2) is 14.6 Å². The lowest BCUT2D eigenvalue weighted by Gasteiger charge is -2.04. The molecule has 2 aromatic heterocycles. The Labute approximate surface area is 118 Å². The van der Waals surface area contributed by atoms with Gasteiger partial charge in [-0.15, -0.1) is 16.4 Å². The van der Waals surface area contributed by atoms with Gasteiger partial charge >= 0.3 is 0 Å². The molecule has 0 atom stereocenters. The molecule has 0 aliphatic heterocycles. The van der Waals surface area contributed by atoms with E-state index in [0.29, 0.717) is 0 Å². The third-order valence-corrected chi connectivity index (χ3v) is 3.57. The van der Waals surface area contributed by atoms with Crippen molar-refractivity contribution in [3.8, 4) is 0 Å². The molecule has 1 aromatic carbocycles. The van der Waals surface area contributed by atoms with Crippen LogP contribution in [0.3, 0.4) is 0 Å². The summed E-state index contributed by atoms with van der Waals surface area (Å²) in [7, 11) is 0. The minimum absolute atomic E-state index is 0.0734. The number of rotatable bonds is 3. The van der Waals surface area contributed by atoms with E-state index >= 15 is 0 Å². The summed E-state index contributed by atoms with van der Waals surface area (Å²) in [4.78, 5) is 20.0.